The number of nitrogens with zero attached hydrogens (tertiary/aromatic N) is 1. The molecule has 0 aliphatic rings. The highest BCUT2D eigenvalue weighted by Gasteiger charge is 2.03. The van der Waals surface area contributed by atoms with Gasteiger partial charge in [-0.1, -0.05) is 11.6 Å². The van der Waals surface area contributed by atoms with Gasteiger partial charge in [0.25, 0.3) is 0 Å². The molecule has 0 saturated heterocycles. The van der Waals surface area contributed by atoms with Crippen LogP contribution < -0.4 is 10.6 Å². The van der Waals surface area contributed by atoms with Crippen LogP contribution in [0.5, 0.6) is 0 Å². The second-order valence-electron chi connectivity index (χ2n) is 2.87. The van der Waals surface area contributed by atoms with Crippen LogP contribution >= 0.6 is 11.6 Å². The van der Waals surface area contributed by atoms with Gasteiger partial charge >= 0.3 is 0 Å². The molecule has 1 aromatic rings. The lowest BCUT2D eigenvalue weighted by Crippen LogP contribution is -2.27. The van der Waals surface area contributed by atoms with Gasteiger partial charge in [0.05, 0.1) is 6.54 Å². The molecule has 0 saturated carbocycles. The molecule has 0 unspecified atom stereocenters. The SMILES string of the molecule is Cc1cnc(NC(=O)CNC=O)cc1Cl. The highest BCUT2D eigenvalue weighted by Crippen LogP contribution is 2.16. The number of amides is 2. The molecule has 0 aliphatic carbocycles. The highest BCUT2D eigenvalue weighted by molar-refractivity contribution is 6.31. The minimum absolute atomic E-state index is 0.0866. The van der Waals surface area contributed by atoms with Crippen LogP contribution in [0.15, 0.2) is 12.3 Å². The molecule has 1 rings (SSSR count). The Bertz CT molecular complexity index is 382. The first-order chi connectivity index (χ1) is 7.13. The van der Waals surface area contributed by atoms with Crippen LogP contribution in [0.25, 0.3) is 0 Å². The summed E-state index contributed by atoms with van der Waals surface area (Å²) in [6.45, 7) is 1.73. The van der Waals surface area contributed by atoms with E-state index in [0.29, 0.717) is 17.3 Å². The van der Waals surface area contributed by atoms with Crippen molar-refractivity contribution in [1.82, 2.24) is 10.3 Å². The van der Waals surface area contributed by atoms with E-state index in [1.807, 2.05) is 6.92 Å². The van der Waals surface area contributed by atoms with Crippen LogP contribution in [0.3, 0.4) is 0 Å². The second-order valence-corrected chi connectivity index (χ2v) is 3.27. The van der Waals surface area contributed by atoms with Crippen LogP contribution in [0, 0.1) is 6.92 Å². The van der Waals surface area contributed by atoms with Crippen molar-refractivity contribution in [2.24, 2.45) is 0 Å². The van der Waals surface area contributed by atoms with Crippen LogP contribution in [0.1, 0.15) is 5.56 Å². The number of rotatable bonds is 4. The van der Waals surface area contributed by atoms with Crippen LogP contribution in [0.2, 0.25) is 5.02 Å². The number of hydrogen-bond acceptors (Lipinski definition) is 3. The molecule has 2 N–H and O–H groups in total. The van der Waals surface area contributed by atoms with E-state index < -0.39 is 0 Å². The van der Waals surface area contributed by atoms with E-state index in [2.05, 4.69) is 15.6 Å². The third-order valence-corrected chi connectivity index (χ3v) is 2.06. The Kier molecular flexibility index (Phi) is 4.05. The van der Waals surface area contributed by atoms with Gasteiger partial charge in [-0.2, -0.15) is 0 Å². The summed E-state index contributed by atoms with van der Waals surface area (Å²) in [5, 5.41) is 5.26. The molecule has 15 heavy (non-hydrogen) atoms. The lowest BCUT2D eigenvalue weighted by molar-refractivity contribution is -0.118. The van der Waals surface area contributed by atoms with Gasteiger partial charge in [-0.15, -0.1) is 0 Å². The largest absolute Gasteiger partial charge is 0.350 e. The molecule has 0 radical (unpaired) electrons. The average Bonchev–Trinajstić information content (AvgIpc) is 2.20. The van der Waals surface area contributed by atoms with Crippen LogP contribution in [-0.4, -0.2) is 23.8 Å². The van der Waals surface area contributed by atoms with Crippen molar-refractivity contribution in [1.29, 1.82) is 0 Å². The molecule has 0 bridgehead atoms. The zero-order valence-electron chi connectivity index (χ0n) is 8.08. The number of aryl methyl sites for hydroxylation is 1. The Labute approximate surface area is 91.8 Å². The monoisotopic (exact) mass is 227 g/mol. The number of pyridine rings is 1. The van der Waals surface area contributed by atoms with Gasteiger partial charge in [-0.05, 0) is 18.6 Å². The van der Waals surface area contributed by atoms with Gasteiger partial charge in [0, 0.05) is 11.2 Å². The van der Waals surface area contributed by atoms with E-state index >= 15 is 0 Å². The molecule has 2 amide bonds. The summed E-state index contributed by atoms with van der Waals surface area (Å²) in [5.74, 6) is 0.0119. The second kappa shape index (κ2) is 5.31. The lowest BCUT2D eigenvalue weighted by Gasteiger charge is -2.04. The Hall–Kier alpha value is -1.62. The predicted molar refractivity (Wildman–Crippen MR) is 56.7 cm³/mol. The Morgan fingerprint density at radius 3 is 3.00 bits per heavy atom. The van der Waals surface area contributed by atoms with Crippen molar-refractivity contribution in [3.63, 3.8) is 0 Å². The summed E-state index contributed by atoms with van der Waals surface area (Å²) in [7, 11) is 0. The minimum atomic E-state index is -0.352. The first-order valence-electron chi connectivity index (χ1n) is 4.22. The zero-order valence-corrected chi connectivity index (χ0v) is 8.84. The zero-order chi connectivity index (χ0) is 11.3. The smallest absolute Gasteiger partial charge is 0.244 e. The molecule has 0 spiro atoms. The highest BCUT2D eigenvalue weighted by atomic mass is 35.5. The van der Waals surface area contributed by atoms with Crippen molar-refractivity contribution in [3.8, 4) is 0 Å². The van der Waals surface area contributed by atoms with E-state index in [-0.39, 0.29) is 12.5 Å². The molecule has 0 aliphatic heterocycles. The molecule has 0 aromatic carbocycles. The number of carbonyl (C=O) groups is 2. The average molecular weight is 228 g/mol. The Balaban J connectivity index is 2.60. The van der Waals surface area contributed by atoms with E-state index in [4.69, 9.17) is 11.6 Å². The summed E-state index contributed by atoms with van der Waals surface area (Å²) in [5.41, 5.74) is 0.834. The van der Waals surface area contributed by atoms with E-state index in [1.165, 1.54) is 0 Å². The lowest BCUT2D eigenvalue weighted by atomic mass is 10.3. The van der Waals surface area contributed by atoms with Gasteiger partial charge in [0.2, 0.25) is 12.3 Å². The van der Waals surface area contributed by atoms with Gasteiger partial charge in [-0.25, -0.2) is 4.98 Å². The fourth-order valence-corrected chi connectivity index (χ4v) is 1.04. The van der Waals surface area contributed by atoms with Crippen LogP contribution in [0.4, 0.5) is 5.82 Å². The number of hydrogen-bond donors (Lipinski definition) is 2. The summed E-state index contributed by atoms with van der Waals surface area (Å²) in [6, 6.07) is 1.55. The molecule has 1 heterocycles. The fraction of sp³-hybridized carbons (Fsp3) is 0.222. The third-order valence-electron chi connectivity index (χ3n) is 1.65. The van der Waals surface area contributed by atoms with Crippen molar-refractivity contribution < 1.29 is 9.59 Å². The number of aromatic nitrogens is 1. The van der Waals surface area contributed by atoms with Gasteiger partial charge in [0.1, 0.15) is 5.82 Å². The Morgan fingerprint density at radius 2 is 2.40 bits per heavy atom. The van der Waals surface area contributed by atoms with Gasteiger partial charge in [0.15, 0.2) is 0 Å². The third kappa shape index (κ3) is 3.55. The molecule has 0 atom stereocenters. The van der Waals surface area contributed by atoms with Crippen molar-refractivity contribution in [3.05, 3.63) is 22.8 Å². The van der Waals surface area contributed by atoms with E-state index in [1.54, 1.807) is 12.3 Å². The standard InChI is InChI=1S/C9H10ClN3O2/c1-6-3-12-8(2-7(6)10)13-9(15)4-11-5-14/h2-3,5H,4H2,1H3,(H,11,14)(H,12,13,15). The van der Waals surface area contributed by atoms with Crippen molar-refractivity contribution in [2.45, 2.75) is 6.92 Å². The number of anilines is 1. The topological polar surface area (TPSA) is 71.1 Å². The number of halogens is 1. The molecule has 5 nitrogen and oxygen atoms in total. The normalized spacial score (nSPS) is 9.47. The minimum Gasteiger partial charge on any atom is -0.350 e. The first-order valence-corrected chi connectivity index (χ1v) is 4.60. The van der Waals surface area contributed by atoms with E-state index in [0.717, 1.165) is 5.56 Å². The molecule has 0 fully saturated rings. The van der Waals surface area contributed by atoms with Crippen molar-refractivity contribution in [2.75, 3.05) is 11.9 Å². The number of carbonyl (C=O) groups excluding carboxylic acids is 2. The molecular weight excluding hydrogens is 218 g/mol. The summed E-state index contributed by atoms with van der Waals surface area (Å²) in [6.07, 6.45) is 2.01. The molecule has 80 valence electrons. The van der Waals surface area contributed by atoms with Crippen molar-refractivity contribution >= 4 is 29.7 Å². The van der Waals surface area contributed by atoms with E-state index in [9.17, 15) is 9.59 Å². The maximum atomic E-state index is 11.2. The first kappa shape index (κ1) is 11.5. The summed E-state index contributed by atoms with van der Waals surface area (Å²) < 4.78 is 0. The van der Waals surface area contributed by atoms with Crippen LogP contribution in [-0.2, 0) is 9.59 Å². The maximum Gasteiger partial charge on any atom is 0.244 e. The quantitative estimate of drug-likeness (QED) is 0.745. The predicted octanol–water partition coefficient (Wildman–Crippen LogP) is 0.728. The van der Waals surface area contributed by atoms with Gasteiger partial charge < -0.3 is 10.6 Å². The summed E-state index contributed by atoms with van der Waals surface area (Å²) in [4.78, 5) is 25.0. The van der Waals surface area contributed by atoms with Gasteiger partial charge in [-0.3, -0.25) is 9.59 Å². The fourth-order valence-electron chi connectivity index (χ4n) is 0.889. The molecule has 1 aromatic heterocycles. The molecule has 6 heteroatoms. The molecular formula is C9H10ClN3O2. The summed E-state index contributed by atoms with van der Waals surface area (Å²) >= 11 is 5.84. The Morgan fingerprint density at radius 1 is 1.67 bits per heavy atom. The number of nitrogens with one attached hydrogen (secondary N) is 2. The maximum absolute atomic E-state index is 11.2.